The van der Waals surface area contributed by atoms with Gasteiger partial charge in [-0.25, -0.2) is 19.9 Å². The molecule has 3 aromatic heterocycles. The number of para-hydroxylation sites is 2. The van der Waals surface area contributed by atoms with E-state index in [0.29, 0.717) is 17.8 Å². The topological polar surface area (TPSA) is 59.7 Å². The zero-order chi connectivity index (χ0) is 38.8. The fraction of sp³-hybridized carbons (Fsp3) is 0.192. The molecule has 6 heteroatoms. The van der Waals surface area contributed by atoms with Crippen LogP contribution in [0.25, 0.3) is 55.3 Å². The molecule has 1 aliphatic heterocycles. The van der Waals surface area contributed by atoms with Gasteiger partial charge in [-0.2, -0.15) is 0 Å². The van der Waals surface area contributed by atoms with E-state index in [4.69, 9.17) is 0 Å². The van der Waals surface area contributed by atoms with Gasteiger partial charge in [-0.15, -0.1) is 0 Å². The molecule has 0 radical (unpaired) electrons. The molecule has 0 saturated heterocycles. The van der Waals surface area contributed by atoms with E-state index in [1.54, 1.807) is 12.7 Å². The maximum atomic E-state index is 4.38. The van der Waals surface area contributed by atoms with Gasteiger partial charge in [-0.1, -0.05) is 94.5 Å². The highest BCUT2D eigenvalue weighted by Crippen LogP contribution is 2.64. The third-order valence-electron chi connectivity index (χ3n) is 14.1. The van der Waals surface area contributed by atoms with Crippen molar-refractivity contribution in [1.82, 2.24) is 24.5 Å². The predicted molar refractivity (Wildman–Crippen MR) is 235 cm³/mol. The standard InChI is InChI=1S/C52H42N6/c1-29-31(3)47-50-40(22-44-42-20-34(36-25-55-28-56-26-36)16-18-46(42)57(51(44)47)37-11-7-5-8-12-37)30(2)32(4)48-49(50)39(29)21-43-41-19-33(35-23-53-27-54-24-35)15-17-45(41)58(52(43)48)38-13-9-6-10-14-38/h5-32,41,45H,1-4H3. The molecular weight excluding hydrogens is 709 g/mol. The number of anilines is 2. The highest BCUT2D eigenvalue weighted by Gasteiger charge is 2.47. The molecule has 6 atom stereocenters. The third-order valence-corrected chi connectivity index (χ3v) is 14.1. The largest absolute Gasteiger partial charge is 0.333 e. The van der Waals surface area contributed by atoms with Crippen LogP contribution >= 0.6 is 0 Å². The second kappa shape index (κ2) is 12.4. The van der Waals surface area contributed by atoms with E-state index >= 15 is 0 Å². The van der Waals surface area contributed by atoms with Crippen molar-refractivity contribution in [3.8, 4) is 27.9 Å². The minimum atomic E-state index is 0.161. The molecule has 0 bridgehead atoms. The number of rotatable bonds is 4. The van der Waals surface area contributed by atoms with Gasteiger partial charge in [-0.05, 0) is 116 Å². The Morgan fingerprint density at radius 1 is 0.534 bits per heavy atom. The number of nitrogens with zero attached hydrogens (tertiary/aromatic N) is 6. The summed E-state index contributed by atoms with van der Waals surface area (Å²) in [6, 6.07) is 34.3. The van der Waals surface area contributed by atoms with Gasteiger partial charge in [0.15, 0.2) is 0 Å². The smallest absolute Gasteiger partial charge is 0.115 e. The number of benzene rings is 5. The van der Waals surface area contributed by atoms with E-state index < -0.39 is 0 Å². The molecule has 3 aliphatic carbocycles. The number of hydrogen-bond acceptors (Lipinski definition) is 5. The number of hydrogen-bond donors (Lipinski definition) is 0. The highest BCUT2D eigenvalue weighted by molar-refractivity contribution is 6.14. The maximum absolute atomic E-state index is 4.38. The van der Waals surface area contributed by atoms with E-state index in [0.717, 1.165) is 16.7 Å². The Labute approximate surface area is 338 Å². The molecule has 6 unspecified atom stereocenters. The molecule has 280 valence electrons. The summed E-state index contributed by atoms with van der Waals surface area (Å²) in [6.07, 6.45) is 18.1. The van der Waals surface area contributed by atoms with Crippen LogP contribution in [0.4, 0.5) is 11.4 Å². The Balaban J connectivity index is 1.18. The molecule has 12 rings (SSSR count). The van der Waals surface area contributed by atoms with Gasteiger partial charge in [-0.3, -0.25) is 0 Å². The zero-order valence-electron chi connectivity index (χ0n) is 33.0. The lowest BCUT2D eigenvalue weighted by Gasteiger charge is -2.43. The van der Waals surface area contributed by atoms with E-state index in [9.17, 15) is 0 Å². The molecule has 0 N–H and O–H groups in total. The lowest BCUT2D eigenvalue weighted by Crippen LogP contribution is -2.30. The van der Waals surface area contributed by atoms with Crippen LogP contribution < -0.4 is 4.90 Å². The molecule has 58 heavy (non-hydrogen) atoms. The van der Waals surface area contributed by atoms with Gasteiger partial charge in [0.05, 0.1) is 17.1 Å². The number of fused-ring (bicyclic) bond motifs is 8. The summed E-state index contributed by atoms with van der Waals surface area (Å²) in [7, 11) is 0. The molecular formula is C52H42N6. The molecule has 0 fully saturated rings. The van der Waals surface area contributed by atoms with Gasteiger partial charge in [0.25, 0.3) is 0 Å². The first-order chi connectivity index (χ1) is 28.5. The molecule has 0 saturated carbocycles. The Bertz CT molecular complexity index is 3020. The first-order valence-corrected chi connectivity index (χ1v) is 20.6. The van der Waals surface area contributed by atoms with E-state index in [-0.39, 0.29) is 17.9 Å². The summed E-state index contributed by atoms with van der Waals surface area (Å²) in [4.78, 5) is 20.1. The van der Waals surface area contributed by atoms with Crippen molar-refractivity contribution in [1.29, 1.82) is 0 Å². The van der Waals surface area contributed by atoms with Crippen LogP contribution in [0.3, 0.4) is 0 Å². The summed E-state index contributed by atoms with van der Waals surface area (Å²) in [5.41, 5.74) is 21.1. The van der Waals surface area contributed by atoms with Crippen LogP contribution in [0, 0.1) is 0 Å². The summed E-state index contributed by atoms with van der Waals surface area (Å²) < 4.78 is 2.55. The average Bonchev–Trinajstić information content (AvgIpc) is 3.79. The van der Waals surface area contributed by atoms with E-state index in [2.05, 4.69) is 166 Å². The van der Waals surface area contributed by atoms with Gasteiger partial charge in [0.2, 0.25) is 0 Å². The quantitative estimate of drug-likeness (QED) is 0.179. The van der Waals surface area contributed by atoms with Gasteiger partial charge in [0, 0.05) is 69.7 Å². The van der Waals surface area contributed by atoms with Crippen molar-refractivity contribution >= 4 is 38.8 Å². The van der Waals surface area contributed by atoms with Crippen molar-refractivity contribution in [2.24, 2.45) is 0 Å². The Morgan fingerprint density at radius 3 is 1.86 bits per heavy atom. The second-order valence-electron chi connectivity index (χ2n) is 16.9. The van der Waals surface area contributed by atoms with Crippen LogP contribution in [-0.2, 0) is 0 Å². The third kappa shape index (κ3) is 4.54. The zero-order valence-corrected chi connectivity index (χ0v) is 33.0. The number of aromatic nitrogens is 5. The fourth-order valence-corrected chi connectivity index (χ4v) is 11.0. The van der Waals surface area contributed by atoms with E-state index in [1.807, 2.05) is 24.8 Å². The molecule has 8 aromatic rings. The van der Waals surface area contributed by atoms with E-state index in [1.165, 1.54) is 83.4 Å². The predicted octanol–water partition coefficient (Wildman–Crippen LogP) is 12.4. The van der Waals surface area contributed by atoms with Crippen LogP contribution in [0.1, 0.15) is 90.7 Å². The summed E-state index contributed by atoms with van der Waals surface area (Å²) in [6.45, 7) is 9.92. The van der Waals surface area contributed by atoms with Crippen LogP contribution in [0.5, 0.6) is 0 Å². The molecule has 5 aromatic carbocycles. The molecule has 4 aliphatic rings. The van der Waals surface area contributed by atoms with Crippen molar-refractivity contribution in [3.05, 3.63) is 180 Å². The van der Waals surface area contributed by atoms with Crippen LogP contribution in [0.2, 0.25) is 0 Å². The SMILES string of the molecule is CC1c2cc3c4cc(-c5cncnc5)ccc4n(-c4ccccc4)c3c3c2-c2c(cc4c(c2C1C)N(c1ccccc1)C1C=CC(c2cncnc2)=CC41)C(C)C3C. The second-order valence-corrected chi connectivity index (χ2v) is 16.9. The van der Waals surface area contributed by atoms with Crippen molar-refractivity contribution in [2.75, 3.05) is 4.90 Å². The van der Waals surface area contributed by atoms with Gasteiger partial charge >= 0.3 is 0 Å². The highest BCUT2D eigenvalue weighted by atomic mass is 15.2. The summed E-state index contributed by atoms with van der Waals surface area (Å²) >= 11 is 0. The maximum Gasteiger partial charge on any atom is 0.115 e. The fourth-order valence-electron chi connectivity index (χ4n) is 11.0. The molecule has 6 nitrogen and oxygen atoms in total. The Morgan fingerprint density at radius 2 is 1.16 bits per heavy atom. The monoisotopic (exact) mass is 750 g/mol. The molecule has 0 spiro atoms. The Hall–Kier alpha value is -6.66. The lowest BCUT2D eigenvalue weighted by molar-refractivity contribution is 0.582. The summed E-state index contributed by atoms with van der Waals surface area (Å²) in [5, 5.41) is 2.59. The van der Waals surface area contributed by atoms with Gasteiger partial charge < -0.3 is 9.47 Å². The molecule has 0 amide bonds. The number of allylic oxidation sites excluding steroid dienone is 2. The normalized spacial score (nSPS) is 22.5. The molecule has 4 heterocycles. The Kier molecular flexibility index (Phi) is 7.17. The van der Waals surface area contributed by atoms with Crippen molar-refractivity contribution in [2.45, 2.75) is 63.3 Å². The van der Waals surface area contributed by atoms with Gasteiger partial charge in [0.1, 0.15) is 12.7 Å². The lowest BCUT2D eigenvalue weighted by atomic mass is 9.62. The minimum Gasteiger partial charge on any atom is -0.333 e. The van der Waals surface area contributed by atoms with Crippen LogP contribution in [-0.4, -0.2) is 30.5 Å². The first-order valence-electron chi connectivity index (χ1n) is 20.6. The average molecular weight is 751 g/mol. The minimum absolute atomic E-state index is 0.161. The van der Waals surface area contributed by atoms with Crippen LogP contribution in [0.15, 0.2) is 147 Å². The first kappa shape index (κ1) is 33.5. The summed E-state index contributed by atoms with van der Waals surface area (Å²) in [5.74, 6) is 1.38. The van der Waals surface area contributed by atoms with Crippen molar-refractivity contribution in [3.63, 3.8) is 0 Å². The van der Waals surface area contributed by atoms with Crippen molar-refractivity contribution < 1.29 is 0 Å².